The van der Waals surface area contributed by atoms with E-state index in [0.29, 0.717) is 6.04 Å². The highest BCUT2D eigenvalue weighted by Crippen LogP contribution is 2.33. The van der Waals surface area contributed by atoms with Crippen LogP contribution in [0.5, 0.6) is 0 Å². The fraction of sp³-hybridized carbons (Fsp3) is 0.500. The van der Waals surface area contributed by atoms with Crippen LogP contribution in [-0.2, 0) is 6.42 Å². The monoisotopic (exact) mass is 203 g/mol. The zero-order chi connectivity index (χ0) is 10.4. The smallest absolute Gasteiger partial charge is 0.0544 e. The van der Waals surface area contributed by atoms with Crippen molar-refractivity contribution < 1.29 is 0 Å². The molecule has 3 heteroatoms. The molecule has 3 rings (SSSR count). The van der Waals surface area contributed by atoms with Gasteiger partial charge in [-0.15, -0.1) is 0 Å². The SMILES string of the molecule is CN1CC(N2CCc3ccc(N)cc32)C1. The van der Waals surface area contributed by atoms with Crippen LogP contribution in [0.3, 0.4) is 0 Å². The molecule has 80 valence electrons. The van der Waals surface area contributed by atoms with E-state index in [-0.39, 0.29) is 0 Å². The number of likely N-dealkylation sites (N-methyl/N-ethyl adjacent to an activating group) is 1. The quantitative estimate of drug-likeness (QED) is 0.690. The van der Waals surface area contributed by atoms with Gasteiger partial charge in [0.1, 0.15) is 0 Å². The lowest BCUT2D eigenvalue weighted by molar-refractivity contribution is 0.185. The third-order valence-electron chi connectivity index (χ3n) is 3.53. The van der Waals surface area contributed by atoms with Crippen molar-refractivity contribution in [3.63, 3.8) is 0 Å². The highest BCUT2D eigenvalue weighted by molar-refractivity contribution is 5.65. The Kier molecular flexibility index (Phi) is 1.89. The minimum atomic E-state index is 0.707. The molecule has 0 aliphatic carbocycles. The number of rotatable bonds is 1. The van der Waals surface area contributed by atoms with Crippen molar-refractivity contribution in [1.29, 1.82) is 0 Å². The van der Waals surface area contributed by atoms with E-state index in [1.165, 1.54) is 30.8 Å². The first-order valence-corrected chi connectivity index (χ1v) is 5.57. The Hall–Kier alpha value is -1.22. The van der Waals surface area contributed by atoms with Crippen LogP contribution in [-0.4, -0.2) is 37.6 Å². The molecule has 0 aromatic heterocycles. The second-order valence-electron chi connectivity index (χ2n) is 4.71. The fourth-order valence-corrected chi connectivity index (χ4v) is 2.66. The summed E-state index contributed by atoms with van der Waals surface area (Å²) in [4.78, 5) is 4.88. The molecule has 0 saturated carbocycles. The summed E-state index contributed by atoms with van der Waals surface area (Å²) in [7, 11) is 2.17. The standard InChI is InChI=1S/C12H17N3/c1-14-7-11(8-14)15-5-4-9-2-3-10(13)6-12(9)15/h2-3,6,11H,4-5,7-8,13H2,1H3. The molecule has 1 saturated heterocycles. The Labute approximate surface area is 90.5 Å². The van der Waals surface area contributed by atoms with E-state index in [4.69, 9.17) is 5.73 Å². The Balaban J connectivity index is 1.87. The number of likely N-dealkylation sites (tertiary alicyclic amines) is 1. The van der Waals surface area contributed by atoms with Crippen LogP contribution in [0.25, 0.3) is 0 Å². The summed E-state index contributed by atoms with van der Waals surface area (Å²) in [6.07, 6.45) is 1.18. The third kappa shape index (κ3) is 1.38. The molecule has 0 spiro atoms. The molecule has 0 amide bonds. The molecule has 0 atom stereocenters. The summed E-state index contributed by atoms with van der Waals surface area (Å²) >= 11 is 0. The van der Waals surface area contributed by atoms with Crippen molar-refractivity contribution >= 4 is 11.4 Å². The van der Waals surface area contributed by atoms with Gasteiger partial charge < -0.3 is 15.5 Å². The van der Waals surface area contributed by atoms with Gasteiger partial charge >= 0.3 is 0 Å². The molecule has 0 unspecified atom stereocenters. The number of hydrogen-bond donors (Lipinski definition) is 1. The minimum Gasteiger partial charge on any atom is -0.399 e. The Bertz CT molecular complexity index is 382. The normalized spacial score (nSPS) is 21.5. The molecule has 1 aromatic carbocycles. The van der Waals surface area contributed by atoms with Crippen molar-refractivity contribution in [2.45, 2.75) is 12.5 Å². The molecule has 2 N–H and O–H groups in total. The Morgan fingerprint density at radius 1 is 1.33 bits per heavy atom. The van der Waals surface area contributed by atoms with Gasteiger partial charge in [0, 0.05) is 31.0 Å². The van der Waals surface area contributed by atoms with Crippen molar-refractivity contribution in [2.24, 2.45) is 0 Å². The Morgan fingerprint density at radius 3 is 2.87 bits per heavy atom. The molecule has 2 aliphatic rings. The molecule has 2 heterocycles. The van der Waals surface area contributed by atoms with Crippen LogP contribution in [0, 0.1) is 0 Å². The number of hydrogen-bond acceptors (Lipinski definition) is 3. The average molecular weight is 203 g/mol. The van der Waals surface area contributed by atoms with Crippen molar-refractivity contribution in [2.75, 3.05) is 37.3 Å². The summed E-state index contributed by atoms with van der Waals surface area (Å²) in [5.41, 5.74) is 9.55. The van der Waals surface area contributed by atoms with E-state index in [1.54, 1.807) is 0 Å². The highest BCUT2D eigenvalue weighted by atomic mass is 15.3. The molecular weight excluding hydrogens is 186 g/mol. The minimum absolute atomic E-state index is 0.707. The topological polar surface area (TPSA) is 32.5 Å². The van der Waals surface area contributed by atoms with E-state index < -0.39 is 0 Å². The van der Waals surface area contributed by atoms with Crippen LogP contribution in [0.15, 0.2) is 18.2 Å². The summed E-state index contributed by atoms with van der Waals surface area (Å²) in [5, 5.41) is 0. The van der Waals surface area contributed by atoms with E-state index in [1.807, 2.05) is 6.07 Å². The lowest BCUT2D eigenvalue weighted by atomic mass is 10.1. The van der Waals surface area contributed by atoms with Gasteiger partial charge in [0.25, 0.3) is 0 Å². The van der Waals surface area contributed by atoms with Gasteiger partial charge in [0.15, 0.2) is 0 Å². The van der Waals surface area contributed by atoms with Gasteiger partial charge in [-0.25, -0.2) is 0 Å². The number of nitrogen functional groups attached to an aromatic ring is 1. The second kappa shape index (κ2) is 3.14. The third-order valence-corrected chi connectivity index (χ3v) is 3.53. The number of nitrogens with zero attached hydrogens (tertiary/aromatic N) is 2. The summed E-state index contributed by atoms with van der Waals surface area (Å²) < 4.78 is 0. The van der Waals surface area contributed by atoms with Crippen molar-refractivity contribution in [3.8, 4) is 0 Å². The van der Waals surface area contributed by atoms with Crippen molar-refractivity contribution in [3.05, 3.63) is 23.8 Å². The average Bonchev–Trinajstić information content (AvgIpc) is 2.56. The zero-order valence-electron chi connectivity index (χ0n) is 9.11. The van der Waals surface area contributed by atoms with E-state index in [2.05, 4.69) is 29.0 Å². The molecule has 0 radical (unpaired) electrons. The van der Waals surface area contributed by atoms with Gasteiger partial charge in [-0.1, -0.05) is 6.07 Å². The van der Waals surface area contributed by atoms with Gasteiger partial charge in [-0.3, -0.25) is 0 Å². The molecule has 3 nitrogen and oxygen atoms in total. The molecule has 1 fully saturated rings. The van der Waals surface area contributed by atoms with Crippen LogP contribution >= 0.6 is 0 Å². The zero-order valence-corrected chi connectivity index (χ0v) is 9.11. The van der Waals surface area contributed by atoms with Gasteiger partial charge in [-0.2, -0.15) is 0 Å². The van der Waals surface area contributed by atoms with Crippen molar-refractivity contribution in [1.82, 2.24) is 4.90 Å². The predicted octanol–water partition coefficient (Wildman–Crippen LogP) is 0.945. The summed E-state index contributed by atoms with van der Waals surface area (Å²) in [6, 6.07) is 7.01. The summed E-state index contributed by atoms with van der Waals surface area (Å²) in [5.74, 6) is 0. The van der Waals surface area contributed by atoms with Gasteiger partial charge in [-0.05, 0) is 31.2 Å². The molecule has 15 heavy (non-hydrogen) atoms. The van der Waals surface area contributed by atoms with Gasteiger partial charge in [0.05, 0.1) is 6.04 Å². The number of anilines is 2. The predicted molar refractivity (Wildman–Crippen MR) is 63.2 cm³/mol. The van der Waals surface area contributed by atoms with Crippen LogP contribution in [0.1, 0.15) is 5.56 Å². The van der Waals surface area contributed by atoms with Gasteiger partial charge in [0.2, 0.25) is 0 Å². The highest BCUT2D eigenvalue weighted by Gasteiger charge is 2.32. The second-order valence-corrected chi connectivity index (χ2v) is 4.71. The maximum atomic E-state index is 5.84. The number of nitrogens with two attached hydrogens (primary N) is 1. The molecular formula is C12H17N3. The maximum absolute atomic E-state index is 5.84. The van der Waals surface area contributed by atoms with E-state index in [9.17, 15) is 0 Å². The maximum Gasteiger partial charge on any atom is 0.0544 e. The van der Waals surface area contributed by atoms with E-state index in [0.717, 1.165) is 12.2 Å². The summed E-state index contributed by atoms with van der Waals surface area (Å²) in [6.45, 7) is 3.54. The first-order chi connectivity index (χ1) is 7.24. The number of fused-ring (bicyclic) bond motifs is 1. The number of benzene rings is 1. The molecule has 2 aliphatic heterocycles. The molecule has 0 bridgehead atoms. The van der Waals surface area contributed by atoms with Crippen LogP contribution in [0.2, 0.25) is 0 Å². The first kappa shape index (κ1) is 9.04. The largest absolute Gasteiger partial charge is 0.399 e. The van der Waals surface area contributed by atoms with Crippen LogP contribution in [0.4, 0.5) is 11.4 Å². The van der Waals surface area contributed by atoms with Crippen LogP contribution < -0.4 is 10.6 Å². The lowest BCUT2D eigenvalue weighted by Crippen LogP contribution is -2.57. The Morgan fingerprint density at radius 2 is 2.13 bits per heavy atom. The lowest BCUT2D eigenvalue weighted by Gasteiger charge is -2.43. The molecule has 1 aromatic rings. The fourth-order valence-electron chi connectivity index (χ4n) is 2.66. The van der Waals surface area contributed by atoms with E-state index >= 15 is 0 Å². The first-order valence-electron chi connectivity index (χ1n) is 5.57.